The van der Waals surface area contributed by atoms with Gasteiger partial charge < -0.3 is 16.2 Å². The normalized spacial score (nSPS) is 10.6. The third-order valence-corrected chi connectivity index (χ3v) is 3.53. The predicted molar refractivity (Wildman–Crippen MR) is 90.3 cm³/mol. The van der Waals surface area contributed by atoms with Crippen LogP contribution in [-0.4, -0.2) is 38.0 Å². The molecule has 1 aromatic carbocycles. The summed E-state index contributed by atoms with van der Waals surface area (Å²) in [6.07, 6.45) is 2.51. The summed E-state index contributed by atoms with van der Waals surface area (Å²) >= 11 is 0. The zero-order valence-corrected chi connectivity index (χ0v) is 13.4. The summed E-state index contributed by atoms with van der Waals surface area (Å²) in [5, 5.41) is 8.00. The van der Waals surface area contributed by atoms with Gasteiger partial charge in [-0.15, -0.1) is 0 Å². The Labute approximate surface area is 142 Å². The molecular weight excluding hydrogens is 324 g/mol. The molecule has 0 aliphatic heterocycles. The Morgan fingerprint density at radius 1 is 1.04 bits per heavy atom. The van der Waals surface area contributed by atoms with E-state index in [0.29, 0.717) is 5.69 Å². The lowest BCUT2D eigenvalue weighted by molar-refractivity contribution is 0.0527. The van der Waals surface area contributed by atoms with E-state index in [-0.39, 0.29) is 29.4 Å². The second kappa shape index (κ2) is 6.48. The summed E-state index contributed by atoms with van der Waals surface area (Å²) in [6.45, 7) is 1.86. The maximum Gasteiger partial charge on any atom is 0.343 e. The smallest absolute Gasteiger partial charge is 0.343 e. The van der Waals surface area contributed by atoms with Crippen molar-refractivity contribution in [3.63, 3.8) is 0 Å². The molecule has 0 fully saturated rings. The average Bonchev–Trinajstić information content (AvgIpc) is 3.18. The quantitative estimate of drug-likeness (QED) is 0.680. The molecule has 25 heavy (non-hydrogen) atoms. The third-order valence-electron chi connectivity index (χ3n) is 3.53. The van der Waals surface area contributed by atoms with Gasteiger partial charge in [0.1, 0.15) is 22.8 Å². The van der Waals surface area contributed by atoms with E-state index in [4.69, 9.17) is 16.2 Å². The van der Waals surface area contributed by atoms with Gasteiger partial charge in [-0.3, -0.25) is 4.79 Å². The predicted octanol–water partition coefficient (Wildman–Crippen LogP) is 1.10. The Morgan fingerprint density at radius 2 is 1.72 bits per heavy atom. The van der Waals surface area contributed by atoms with E-state index in [1.165, 1.54) is 17.1 Å². The van der Waals surface area contributed by atoms with Crippen LogP contribution in [-0.2, 0) is 4.74 Å². The van der Waals surface area contributed by atoms with Gasteiger partial charge in [-0.25, -0.2) is 9.48 Å². The minimum Gasteiger partial charge on any atom is -0.462 e. The molecule has 9 heteroatoms. The lowest BCUT2D eigenvalue weighted by Gasteiger charge is -2.06. The number of anilines is 2. The van der Waals surface area contributed by atoms with Crippen molar-refractivity contribution >= 4 is 23.5 Å². The third kappa shape index (κ3) is 2.82. The van der Waals surface area contributed by atoms with E-state index >= 15 is 0 Å². The average molecular weight is 340 g/mol. The number of hydrogen-bond acceptors (Lipinski definition) is 7. The van der Waals surface area contributed by atoms with Gasteiger partial charge >= 0.3 is 5.97 Å². The standard InChI is InChI=1S/C16H16N6O3/c1-2-25-16(24)12-9-20-22(14(12)18)15(23)11-8-19-21(13(11)17)10-6-4-3-5-7-10/h3-9H,2,17-18H2,1H3. The van der Waals surface area contributed by atoms with Crippen molar-refractivity contribution < 1.29 is 14.3 Å². The van der Waals surface area contributed by atoms with Crippen molar-refractivity contribution in [2.24, 2.45) is 0 Å². The molecule has 128 valence electrons. The highest BCUT2D eigenvalue weighted by Crippen LogP contribution is 2.20. The number of rotatable bonds is 4. The molecule has 0 aliphatic carbocycles. The summed E-state index contributed by atoms with van der Waals surface area (Å²) in [6, 6.07) is 9.12. The Kier molecular flexibility index (Phi) is 4.21. The molecule has 0 aliphatic rings. The van der Waals surface area contributed by atoms with Gasteiger partial charge in [0.25, 0.3) is 5.91 Å². The molecular formula is C16H16N6O3. The van der Waals surface area contributed by atoms with E-state index in [1.54, 1.807) is 19.1 Å². The van der Waals surface area contributed by atoms with Crippen LogP contribution in [0, 0.1) is 0 Å². The number of nitrogen functional groups attached to an aromatic ring is 2. The zero-order valence-electron chi connectivity index (χ0n) is 13.4. The van der Waals surface area contributed by atoms with Crippen LogP contribution >= 0.6 is 0 Å². The van der Waals surface area contributed by atoms with Gasteiger partial charge in [0, 0.05) is 0 Å². The molecule has 3 rings (SSSR count). The molecule has 0 saturated carbocycles. The molecule has 2 aromatic heterocycles. The SMILES string of the molecule is CCOC(=O)c1cnn(C(=O)c2cnn(-c3ccccc3)c2N)c1N. The lowest BCUT2D eigenvalue weighted by atomic mass is 10.3. The van der Waals surface area contributed by atoms with Gasteiger partial charge in [0.2, 0.25) is 0 Å². The van der Waals surface area contributed by atoms with Crippen molar-refractivity contribution in [1.82, 2.24) is 19.6 Å². The first-order valence-corrected chi connectivity index (χ1v) is 7.48. The maximum atomic E-state index is 12.7. The Balaban J connectivity index is 1.95. The van der Waals surface area contributed by atoms with Crippen LogP contribution in [0.2, 0.25) is 0 Å². The van der Waals surface area contributed by atoms with Crippen LogP contribution in [0.3, 0.4) is 0 Å². The summed E-state index contributed by atoms with van der Waals surface area (Å²) in [4.78, 5) is 24.4. The second-order valence-corrected chi connectivity index (χ2v) is 5.07. The molecule has 4 N–H and O–H groups in total. The molecule has 0 amide bonds. The van der Waals surface area contributed by atoms with Crippen molar-refractivity contribution in [2.45, 2.75) is 6.92 Å². The first kappa shape index (κ1) is 16.2. The Morgan fingerprint density at radius 3 is 2.40 bits per heavy atom. The number of benzene rings is 1. The van der Waals surface area contributed by atoms with E-state index in [9.17, 15) is 9.59 Å². The van der Waals surface area contributed by atoms with E-state index in [2.05, 4.69) is 10.2 Å². The van der Waals surface area contributed by atoms with E-state index < -0.39 is 11.9 Å². The number of para-hydroxylation sites is 1. The first-order valence-electron chi connectivity index (χ1n) is 7.48. The van der Waals surface area contributed by atoms with Gasteiger partial charge in [-0.1, -0.05) is 18.2 Å². The van der Waals surface area contributed by atoms with E-state index in [0.717, 1.165) is 4.68 Å². The minimum atomic E-state index is -0.646. The van der Waals surface area contributed by atoms with Gasteiger partial charge in [-0.05, 0) is 19.1 Å². The largest absolute Gasteiger partial charge is 0.462 e. The summed E-state index contributed by atoms with van der Waals surface area (Å²) in [5.41, 5.74) is 12.7. The highest BCUT2D eigenvalue weighted by Gasteiger charge is 2.24. The lowest BCUT2D eigenvalue weighted by Crippen LogP contribution is -2.18. The molecule has 9 nitrogen and oxygen atoms in total. The highest BCUT2D eigenvalue weighted by atomic mass is 16.5. The molecule has 0 spiro atoms. The zero-order chi connectivity index (χ0) is 18.0. The number of esters is 1. The molecule has 3 aromatic rings. The number of hydrogen-bond donors (Lipinski definition) is 2. The topological polar surface area (TPSA) is 131 Å². The first-order chi connectivity index (χ1) is 12.0. The fourth-order valence-electron chi connectivity index (χ4n) is 2.30. The summed E-state index contributed by atoms with van der Waals surface area (Å²) in [5.74, 6) is -1.21. The van der Waals surface area contributed by atoms with Crippen molar-refractivity contribution in [3.05, 3.63) is 53.9 Å². The van der Waals surface area contributed by atoms with Crippen LogP contribution in [0.1, 0.15) is 27.6 Å². The number of carbonyl (C=O) groups is 2. The number of nitrogens with zero attached hydrogens (tertiary/aromatic N) is 4. The monoisotopic (exact) mass is 340 g/mol. The van der Waals surface area contributed by atoms with Crippen LogP contribution < -0.4 is 11.5 Å². The summed E-state index contributed by atoms with van der Waals surface area (Å²) in [7, 11) is 0. The molecule has 0 unspecified atom stereocenters. The van der Waals surface area contributed by atoms with Crippen LogP contribution in [0.15, 0.2) is 42.7 Å². The van der Waals surface area contributed by atoms with Gasteiger partial charge in [-0.2, -0.15) is 14.9 Å². The van der Waals surface area contributed by atoms with Crippen LogP contribution in [0.4, 0.5) is 11.6 Å². The minimum absolute atomic E-state index is 0.0178. The Bertz CT molecular complexity index is 929. The maximum absolute atomic E-state index is 12.7. The fraction of sp³-hybridized carbons (Fsp3) is 0.125. The summed E-state index contributed by atoms with van der Waals surface area (Å²) < 4.78 is 7.20. The molecule has 0 atom stereocenters. The van der Waals surface area contributed by atoms with Gasteiger partial charge in [0.05, 0.1) is 24.7 Å². The second-order valence-electron chi connectivity index (χ2n) is 5.07. The number of ether oxygens (including phenoxy) is 1. The number of nitrogens with two attached hydrogens (primary N) is 2. The fourth-order valence-corrected chi connectivity index (χ4v) is 2.30. The van der Waals surface area contributed by atoms with Gasteiger partial charge in [0.15, 0.2) is 0 Å². The van der Waals surface area contributed by atoms with Crippen LogP contribution in [0.25, 0.3) is 5.69 Å². The molecule has 0 bridgehead atoms. The van der Waals surface area contributed by atoms with Crippen molar-refractivity contribution in [2.75, 3.05) is 18.1 Å². The van der Waals surface area contributed by atoms with Crippen molar-refractivity contribution in [3.8, 4) is 5.69 Å². The molecule has 0 saturated heterocycles. The number of aromatic nitrogens is 4. The Hall–Kier alpha value is -3.62. The van der Waals surface area contributed by atoms with Crippen LogP contribution in [0.5, 0.6) is 0 Å². The van der Waals surface area contributed by atoms with E-state index in [1.807, 2.05) is 18.2 Å². The highest BCUT2D eigenvalue weighted by molar-refractivity contribution is 6.03. The molecule has 0 radical (unpaired) electrons. The van der Waals surface area contributed by atoms with Crippen molar-refractivity contribution in [1.29, 1.82) is 0 Å². The number of carbonyl (C=O) groups excluding carboxylic acids is 2. The molecule has 2 heterocycles.